The molecule has 0 amide bonds. The van der Waals surface area contributed by atoms with Crippen LogP contribution in [0, 0.1) is 24.4 Å². The Kier molecular flexibility index (Phi) is 3.96. The standard InChI is InChI=1S/C14H11BrF3N/c1-7-4-9(13(18)6-12(7)17)14(19)10-5-8(15)2-3-11(10)16/h2-6,14H,19H2,1H3. The molecule has 1 unspecified atom stereocenters. The van der Waals surface area contributed by atoms with Crippen LogP contribution in [0.4, 0.5) is 13.2 Å². The summed E-state index contributed by atoms with van der Waals surface area (Å²) in [5, 5.41) is 0. The van der Waals surface area contributed by atoms with Crippen molar-refractivity contribution in [3.05, 3.63) is 68.9 Å². The molecule has 0 aliphatic rings. The van der Waals surface area contributed by atoms with Crippen molar-refractivity contribution in [3.63, 3.8) is 0 Å². The first-order chi connectivity index (χ1) is 8.90. The van der Waals surface area contributed by atoms with Gasteiger partial charge in [0.15, 0.2) is 0 Å². The fourth-order valence-corrected chi connectivity index (χ4v) is 2.22. The lowest BCUT2D eigenvalue weighted by Gasteiger charge is -2.15. The average Bonchev–Trinajstić information content (AvgIpc) is 2.36. The van der Waals surface area contributed by atoms with Crippen LogP contribution >= 0.6 is 15.9 Å². The van der Waals surface area contributed by atoms with Gasteiger partial charge >= 0.3 is 0 Å². The number of aryl methyl sites for hydroxylation is 1. The quantitative estimate of drug-likeness (QED) is 0.876. The molecule has 100 valence electrons. The molecule has 19 heavy (non-hydrogen) atoms. The van der Waals surface area contributed by atoms with Crippen LogP contribution in [0.1, 0.15) is 22.7 Å². The third-order valence-corrected chi connectivity index (χ3v) is 3.40. The van der Waals surface area contributed by atoms with Gasteiger partial charge in [0.1, 0.15) is 17.5 Å². The van der Waals surface area contributed by atoms with E-state index in [-0.39, 0.29) is 16.7 Å². The van der Waals surface area contributed by atoms with Crippen LogP contribution in [-0.2, 0) is 0 Å². The van der Waals surface area contributed by atoms with Gasteiger partial charge < -0.3 is 5.73 Å². The number of hydrogen-bond donors (Lipinski definition) is 1. The van der Waals surface area contributed by atoms with Crippen LogP contribution < -0.4 is 5.73 Å². The summed E-state index contributed by atoms with van der Waals surface area (Å²) in [4.78, 5) is 0. The minimum atomic E-state index is -0.989. The molecule has 1 nitrogen and oxygen atoms in total. The molecule has 2 rings (SSSR count). The summed E-state index contributed by atoms with van der Waals surface area (Å²) in [6.45, 7) is 1.50. The maximum atomic E-state index is 13.7. The number of halogens is 4. The van der Waals surface area contributed by atoms with E-state index < -0.39 is 23.5 Å². The summed E-state index contributed by atoms with van der Waals surface area (Å²) in [7, 11) is 0. The first-order valence-electron chi connectivity index (χ1n) is 5.56. The van der Waals surface area contributed by atoms with E-state index in [9.17, 15) is 13.2 Å². The lowest BCUT2D eigenvalue weighted by atomic mass is 9.97. The molecular weight excluding hydrogens is 319 g/mol. The van der Waals surface area contributed by atoms with Gasteiger partial charge in [-0.2, -0.15) is 0 Å². The van der Waals surface area contributed by atoms with Gasteiger partial charge in [0.2, 0.25) is 0 Å². The summed E-state index contributed by atoms with van der Waals surface area (Å²) in [6.07, 6.45) is 0. The summed E-state index contributed by atoms with van der Waals surface area (Å²) < 4.78 is 41.3. The van der Waals surface area contributed by atoms with E-state index >= 15 is 0 Å². The largest absolute Gasteiger partial charge is 0.320 e. The highest BCUT2D eigenvalue weighted by Crippen LogP contribution is 2.28. The highest BCUT2D eigenvalue weighted by Gasteiger charge is 2.19. The molecule has 0 fully saturated rings. The van der Waals surface area contributed by atoms with Gasteiger partial charge in [0, 0.05) is 21.7 Å². The number of rotatable bonds is 2. The van der Waals surface area contributed by atoms with Crippen LogP contribution in [-0.4, -0.2) is 0 Å². The Morgan fingerprint density at radius 1 is 0.947 bits per heavy atom. The van der Waals surface area contributed by atoms with Crippen molar-refractivity contribution in [2.75, 3.05) is 0 Å². The monoisotopic (exact) mass is 329 g/mol. The van der Waals surface area contributed by atoms with E-state index in [2.05, 4.69) is 15.9 Å². The molecule has 0 aliphatic heterocycles. The van der Waals surface area contributed by atoms with E-state index in [4.69, 9.17) is 5.73 Å². The number of nitrogens with two attached hydrogens (primary N) is 1. The van der Waals surface area contributed by atoms with Crippen molar-refractivity contribution in [2.24, 2.45) is 5.73 Å². The van der Waals surface area contributed by atoms with Gasteiger partial charge in [-0.3, -0.25) is 0 Å². The van der Waals surface area contributed by atoms with Crippen LogP contribution in [0.15, 0.2) is 34.8 Å². The summed E-state index contributed by atoms with van der Waals surface area (Å²) in [6, 6.07) is 5.33. The first kappa shape index (κ1) is 14.1. The topological polar surface area (TPSA) is 26.0 Å². The second-order valence-electron chi connectivity index (χ2n) is 4.27. The van der Waals surface area contributed by atoms with Gasteiger partial charge in [-0.25, -0.2) is 13.2 Å². The Morgan fingerprint density at radius 2 is 1.58 bits per heavy atom. The summed E-state index contributed by atoms with van der Waals surface area (Å²) in [5.74, 6) is -1.96. The second-order valence-corrected chi connectivity index (χ2v) is 5.18. The van der Waals surface area contributed by atoms with E-state index in [1.165, 1.54) is 31.2 Å². The zero-order valence-electron chi connectivity index (χ0n) is 10.1. The Morgan fingerprint density at radius 3 is 2.26 bits per heavy atom. The number of benzene rings is 2. The molecule has 0 aromatic heterocycles. The van der Waals surface area contributed by atoms with Gasteiger partial charge in [-0.1, -0.05) is 15.9 Å². The predicted molar refractivity (Wildman–Crippen MR) is 71.2 cm³/mol. The molecule has 0 saturated heterocycles. The fraction of sp³-hybridized carbons (Fsp3) is 0.143. The van der Waals surface area contributed by atoms with Crippen LogP contribution in [0.2, 0.25) is 0 Å². The van der Waals surface area contributed by atoms with Crippen molar-refractivity contribution in [1.29, 1.82) is 0 Å². The van der Waals surface area contributed by atoms with E-state index in [0.29, 0.717) is 4.47 Å². The zero-order valence-corrected chi connectivity index (χ0v) is 11.6. The third-order valence-electron chi connectivity index (χ3n) is 2.91. The average molecular weight is 330 g/mol. The van der Waals surface area contributed by atoms with Crippen LogP contribution in [0.25, 0.3) is 0 Å². The Labute approximate surface area is 117 Å². The molecule has 0 radical (unpaired) electrons. The zero-order chi connectivity index (χ0) is 14.2. The third kappa shape index (κ3) is 2.82. The molecule has 2 aromatic carbocycles. The number of hydrogen-bond acceptors (Lipinski definition) is 1. The Bertz CT molecular complexity index is 628. The molecule has 0 aliphatic carbocycles. The smallest absolute Gasteiger partial charge is 0.131 e. The lowest BCUT2D eigenvalue weighted by Crippen LogP contribution is -2.16. The molecule has 2 aromatic rings. The molecule has 0 spiro atoms. The van der Waals surface area contributed by atoms with Crippen LogP contribution in [0.5, 0.6) is 0 Å². The highest BCUT2D eigenvalue weighted by molar-refractivity contribution is 9.10. The van der Waals surface area contributed by atoms with Crippen molar-refractivity contribution in [1.82, 2.24) is 0 Å². The summed E-state index contributed by atoms with van der Waals surface area (Å²) >= 11 is 3.21. The molecular formula is C14H11BrF3N. The molecule has 5 heteroatoms. The van der Waals surface area contributed by atoms with Crippen molar-refractivity contribution < 1.29 is 13.2 Å². The highest BCUT2D eigenvalue weighted by atomic mass is 79.9. The van der Waals surface area contributed by atoms with Crippen molar-refractivity contribution in [3.8, 4) is 0 Å². The SMILES string of the molecule is Cc1cc(C(N)c2cc(Br)ccc2F)c(F)cc1F. The Balaban J connectivity index is 2.52. The van der Waals surface area contributed by atoms with Gasteiger partial charge in [-0.15, -0.1) is 0 Å². The van der Waals surface area contributed by atoms with Crippen molar-refractivity contribution >= 4 is 15.9 Å². The van der Waals surface area contributed by atoms with Gasteiger partial charge in [0.25, 0.3) is 0 Å². The van der Waals surface area contributed by atoms with Gasteiger partial charge in [0.05, 0.1) is 6.04 Å². The van der Waals surface area contributed by atoms with Gasteiger partial charge in [-0.05, 0) is 36.8 Å². The van der Waals surface area contributed by atoms with E-state index in [1.807, 2.05) is 0 Å². The maximum absolute atomic E-state index is 13.7. The minimum Gasteiger partial charge on any atom is -0.320 e. The first-order valence-corrected chi connectivity index (χ1v) is 6.35. The Hall–Kier alpha value is -1.33. The van der Waals surface area contributed by atoms with Crippen LogP contribution in [0.3, 0.4) is 0 Å². The van der Waals surface area contributed by atoms with E-state index in [0.717, 1.165) is 6.07 Å². The maximum Gasteiger partial charge on any atom is 0.131 e. The molecule has 0 saturated carbocycles. The van der Waals surface area contributed by atoms with E-state index in [1.54, 1.807) is 0 Å². The summed E-state index contributed by atoms with van der Waals surface area (Å²) in [5.41, 5.74) is 6.37. The molecule has 0 heterocycles. The van der Waals surface area contributed by atoms with Crippen molar-refractivity contribution in [2.45, 2.75) is 13.0 Å². The minimum absolute atomic E-state index is 0.0656. The molecule has 2 N–H and O–H groups in total. The second kappa shape index (κ2) is 5.35. The predicted octanol–water partition coefficient (Wildman–Crippen LogP) is 4.22. The normalized spacial score (nSPS) is 12.5. The lowest BCUT2D eigenvalue weighted by molar-refractivity contribution is 0.553. The molecule has 1 atom stereocenters. The molecule has 0 bridgehead atoms. The fourth-order valence-electron chi connectivity index (χ4n) is 1.84.